The number of anilines is 3. The highest BCUT2D eigenvalue weighted by molar-refractivity contribution is 6.17. The summed E-state index contributed by atoms with van der Waals surface area (Å²) in [5, 5.41) is 2.39. The lowest BCUT2D eigenvalue weighted by Gasteiger charge is -2.29. The fraction of sp³-hybridized carbons (Fsp3) is 0. The molecule has 1 aromatic heterocycles. The summed E-state index contributed by atoms with van der Waals surface area (Å²) in [6.07, 6.45) is 0. The second-order valence-corrected chi connectivity index (χ2v) is 14.1. The van der Waals surface area contributed by atoms with Gasteiger partial charge in [-0.05, 0) is 64.2 Å². The van der Waals surface area contributed by atoms with Crippen LogP contribution in [0.25, 0.3) is 72.0 Å². The van der Waals surface area contributed by atoms with Gasteiger partial charge in [0.15, 0.2) is 0 Å². The van der Waals surface area contributed by atoms with Crippen LogP contribution in [0, 0.1) is 0 Å². The molecule has 0 aliphatic carbocycles. The number of fused-ring (bicyclic) bond motifs is 3. The highest BCUT2D eigenvalue weighted by Gasteiger charge is 2.25. The first-order valence-electron chi connectivity index (χ1n) is 19.2. The molecule has 2 heteroatoms. The third-order valence-electron chi connectivity index (χ3n) is 10.8. The molecule has 9 aromatic carbocycles. The smallest absolute Gasteiger partial charge is 0.0618 e. The van der Waals surface area contributed by atoms with E-state index < -0.39 is 0 Å². The van der Waals surface area contributed by atoms with Crippen molar-refractivity contribution in [3.63, 3.8) is 0 Å². The Morgan fingerprint density at radius 2 is 0.714 bits per heavy atom. The number of aromatic nitrogens is 1. The van der Waals surface area contributed by atoms with Crippen molar-refractivity contribution in [2.24, 2.45) is 0 Å². The molecule has 0 N–H and O–H groups in total. The highest BCUT2D eigenvalue weighted by atomic mass is 15.2. The lowest BCUT2D eigenvalue weighted by Crippen LogP contribution is -2.11. The minimum Gasteiger partial charge on any atom is -0.309 e. The highest BCUT2D eigenvalue weighted by Crippen LogP contribution is 2.49. The van der Waals surface area contributed by atoms with Crippen LogP contribution in [0.4, 0.5) is 17.1 Å². The lowest BCUT2D eigenvalue weighted by atomic mass is 9.93. The molecule has 56 heavy (non-hydrogen) atoms. The van der Waals surface area contributed by atoms with Gasteiger partial charge in [-0.25, -0.2) is 0 Å². The van der Waals surface area contributed by atoms with E-state index >= 15 is 0 Å². The molecule has 0 radical (unpaired) electrons. The number of hydrogen-bond acceptors (Lipinski definition) is 1. The van der Waals surface area contributed by atoms with E-state index in [1.54, 1.807) is 0 Å². The Balaban J connectivity index is 1.29. The van der Waals surface area contributed by atoms with Gasteiger partial charge < -0.3 is 9.47 Å². The summed E-state index contributed by atoms with van der Waals surface area (Å²) in [6, 6.07) is 83.1. The molecule has 0 saturated heterocycles. The first-order chi connectivity index (χ1) is 27.8. The van der Waals surface area contributed by atoms with E-state index in [9.17, 15) is 0 Å². The third kappa shape index (κ3) is 5.76. The maximum atomic E-state index is 2.50. The van der Waals surface area contributed by atoms with E-state index in [0.29, 0.717) is 0 Å². The SMILES string of the molecule is c1ccc(-c2ccccc2-c2ccccc2N(c2ccccc2)c2cccc3c2c2ccccc2n3-c2c(-c3ccccc3)cccc2-c2ccccc2)cc1. The van der Waals surface area contributed by atoms with E-state index in [2.05, 4.69) is 240 Å². The topological polar surface area (TPSA) is 8.17 Å². The molecule has 1 heterocycles. The Morgan fingerprint density at radius 3 is 1.36 bits per heavy atom. The predicted molar refractivity (Wildman–Crippen MR) is 237 cm³/mol. The van der Waals surface area contributed by atoms with Gasteiger partial charge >= 0.3 is 0 Å². The van der Waals surface area contributed by atoms with E-state index in [1.165, 1.54) is 49.7 Å². The summed E-state index contributed by atoms with van der Waals surface area (Å²) in [7, 11) is 0. The Morgan fingerprint density at radius 1 is 0.286 bits per heavy atom. The van der Waals surface area contributed by atoms with Crippen molar-refractivity contribution in [2.75, 3.05) is 4.90 Å². The molecule has 0 spiro atoms. The van der Waals surface area contributed by atoms with E-state index in [-0.39, 0.29) is 0 Å². The van der Waals surface area contributed by atoms with Crippen molar-refractivity contribution < 1.29 is 0 Å². The van der Waals surface area contributed by atoms with Crippen molar-refractivity contribution >= 4 is 38.9 Å². The summed E-state index contributed by atoms with van der Waals surface area (Å²) in [4.78, 5) is 2.46. The quantitative estimate of drug-likeness (QED) is 0.152. The number of para-hydroxylation sites is 4. The number of benzene rings is 9. The van der Waals surface area contributed by atoms with Crippen molar-refractivity contribution in [3.8, 4) is 50.2 Å². The van der Waals surface area contributed by atoms with Gasteiger partial charge in [0.05, 0.1) is 28.1 Å². The van der Waals surface area contributed by atoms with Crippen LogP contribution in [0.3, 0.4) is 0 Å². The van der Waals surface area contributed by atoms with Crippen LogP contribution in [0.15, 0.2) is 231 Å². The average Bonchev–Trinajstić information content (AvgIpc) is 3.62. The molecule has 0 fully saturated rings. The van der Waals surface area contributed by atoms with Gasteiger partial charge in [-0.15, -0.1) is 0 Å². The fourth-order valence-corrected chi connectivity index (χ4v) is 8.38. The predicted octanol–water partition coefficient (Wildman–Crippen LogP) is 14.9. The summed E-state index contributed by atoms with van der Waals surface area (Å²) in [6.45, 7) is 0. The Kier molecular flexibility index (Phi) is 8.55. The zero-order valence-electron chi connectivity index (χ0n) is 30.8. The first kappa shape index (κ1) is 33.2. The molecular weight excluding hydrogens is 677 g/mol. The third-order valence-corrected chi connectivity index (χ3v) is 10.8. The normalized spacial score (nSPS) is 11.2. The van der Waals surface area contributed by atoms with Gasteiger partial charge in [0.2, 0.25) is 0 Å². The summed E-state index contributed by atoms with van der Waals surface area (Å²) in [5.41, 5.74) is 16.3. The molecule has 0 amide bonds. The van der Waals surface area contributed by atoms with Crippen LogP contribution in [-0.4, -0.2) is 4.57 Å². The van der Waals surface area contributed by atoms with E-state index in [0.717, 1.165) is 39.3 Å². The summed E-state index contributed by atoms with van der Waals surface area (Å²) < 4.78 is 2.50. The average molecular weight is 715 g/mol. The van der Waals surface area contributed by atoms with Crippen LogP contribution < -0.4 is 4.90 Å². The second kappa shape index (κ2) is 14.4. The standard InChI is InChI=1S/C54H38N2/c1-5-21-39(22-6-1)43-29-13-14-30-46(43)47-31-15-17-35-49(47)55(42-27-11-4-12-28-42)51-37-20-38-52-53(51)48-32-16-18-36-50(48)56(52)54-44(40-23-7-2-8-24-40)33-19-34-45(54)41-25-9-3-10-26-41/h1-38H. The largest absolute Gasteiger partial charge is 0.309 e. The molecule has 0 aliphatic rings. The number of rotatable bonds is 8. The summed E-state index contributed by atoms with van der Waals surface area (Å²) >= 11 is 0. The molecule has 0 atom stereocenters. The monoisotopic (exact) mass is 714 g/mol. The first-order valence-corrected chi connectivity index (χ1v) is 19.2. The molecule has 0 saturated carbocycles. The van der Waals surface area contributed by atoms with Crippen LogP contribution in [-0.2, 0) is 0 Å². The van der Waals surface area contributed by atoms with Crippen LogP contribution in [0.2, 0.25) is 0 Å². The minimum absolute atomic E-state index is 1.09. The van der Waals surface area contributed by atoms with Crippen molar-refractivity contribution in [1.82, 2.24) is 4.57 Å². The van der Waals surface area contributed by atoms with Gasteiger partial charge in [-0.2, -0.15) is 0 Å². The molecule has 10 aromatic rings. The zero-order valence-corrected chi connectivity index (χ0v) is 30.8. The molecule has 0 aliphatic heterocycles. The van der Waals surface area contributed by atoms with Crippen LogP contribution >= 0.6 is 0 Å². The fourth-order valence-electron chi connectivity index (χ4n) is 8.38. The lowest BCUT2D eigenvalue weighted by molar-refractivity contribution is 1.18. The number of hydrogen-bond donors (Lipinski definition) is 0. The van der Waals surface area contributed by atoms with Crippen molar-refractivity contribution in [3.05, 3.63) is 231 Å². The Bertz CT molecular complexity index is 2890. The van der Waals surface area contributed by atoms with Crippen molar-refractivity contribution in [2.45, 2.75) is 0 Å². The second-order valence-electron chi connectivity index (χ2n) is 14.1. The number of nitrogens with zero attached hydrogens (tertiary/aromatic N) is 2. The van der Waals surface area contributed by atoms with Crippen LogP contribution in [0.5, 0.6) is 0 Å². The van der Waals surface area contributed by atoms with Crippen molar-refractivity contribution in [1.29, 1.82) is 0 Å². The zero-order chi connectivity index (χ0) is 37.3. The maximum Gasteiger partial charge on any atom is 0.0618 e. The van der Waals surface area contributed by atoms with Gasteiger partial charge in [0.25, 0.3) is 0 Å². The van der Waals surface area contributed by atoms with Crippen LogP contribution in [0.1, 0.15) is 0 Å². The van der Waals surface area contributed by atoms with Gasteiger partial charge in [-0.1, -0.05) is 194 Å². The van der Waals surface area contributed by atoms with Gasteiger partial charge in [-0.3, -0.25) is 0 Å². The maximum absolute atomic E-state index is 2.50. The molecular formula is C54H38N2. The summed E-state index contributed by atoms with van der Waals surface area (Å²) in [5.74, 6) is 0. The van der Waals surface area contributed by atoms with Gasteiger partial charge in [0, 0.05) is 33.2 Å². The van der Waals surface area contributed by atoms with E-state index in [4.69, 9.17) is 0 Å². The molecule has 10 rings (SSSR count). The Labute approximate surface area is 327 Å². The minimum atomic E-state index is 1.09. The molecule has 264 valence electrons. The Hall–Kier alpha value is -7.42. The molecule has 0 unspecified atom stereocenters. The molecule has 0 bridgehead atoms. The molecule has 2 nitrogen and oxygen atoms in total. The van der Waals surface area contributed by atoms with Gasteiger partial charge in [0.1, 0.15) is 0 Å². The van der Waals surface area contributed by atoms with E-state index in [1.807, 2.05) is 0 Å².